The summed E-state index contributed by atoms with van der Waals surface area (Å²) in [6, 6.07) is 14.6. The van der Waals surface area contributed by atoms with E-state index in [1.807, 2.05) is 26.0 Å². The molecule has 0 unspecified atom stereocenters. The van der Waals surface area contributed by atoms with Crippen molar-refractivity contribution in [3.05, 3.63) is 72.3 Å². The molecule has 0 fully saturated rings. The molecule has 0 aromatic heterocycles. The van der Waals surface area contributed by atoms with Gasteiger partial charge in [-0.1, -0.05) is 87.5 Å². The van der Waals surface area contributed by atoms with Crippen LogP contribution >= 0.6 is 0 Å². The highest BCUT2D eigenvalue weighted by molar-refractivity contribution is 5.87. The molecule has 1 N–H and O–H groups in total. The van der Waals surface area contributed by atoms with Crippen LogP contribution in [0.4, 0.5) is 0 Å². The highest BCUT2D eigenvalue weighted by Crippen LogP contribution is 2.28. The number of nitrogens with one attached hydrogen (secondary N) is 1. The molecule has 2 aromatic rings. The topological polar surface area (TPSA) is 29.1 Å². The van der Waals surface area contributed by atoms with E-state index in [1.54, 1.807) is 0 Å². The van der Waals surface area contributed by atoms with Gasteiger partial charge < -0.3 is 5.32 Å². The first kappa shape index (κ1) is 21.0. The first-order valence-corrected chi connectivity index (χ1v) is 9.82. The van der Waals surface area contributed by atoms with Gasteiger partial charge in [-0.2, -0.15) is 0 Å². The highest BCUT2D eigenvalue weighted by atomic mass is 16.1. The summed E-state index contributed by atoms with van der Waals surface area (Å²) in [7, 11) is 0. The van der Waals surface area contributed by atoms with Gasteiger partial charge in [0.25, 0.3) is 0 Å². The minimum atomic E-state index is -0.0140. The van der Waals surface area contributed by atoms with Gasteiger partial charge in [0.1, 0.15) is 0 Å². The molecule has 0 aliphatic rings. The zero-order valence-electron chi connectivity index (χ0n) is 17.4. The molecule has 0 aliphatic heterocycles. The fourth-order valence-electron chi connectivity index (χ4n) is 3.23. The fraction of sp³-hybridized carbons (Fsp3) is 0.400. The van der Waals surface area contributed by atoms with Gasteiger partial charge in [0.2, 0.25) is 5.91 Å². The minimum absolute atomic E-state index is 0.0117. The molecule has 27 heavy (non-hydrogen) atoms. The van der Waals surface area contributed by atoms with Crippen LogP contribution in [0, 0.1) is 11.3 Å². The SMILES string of the molecule is C=C(C)/C=C/C(C)(C)CC[C@H](C)C(=O)N[C@@H](C)c1cccc2ccccc12. The Labute approximate surface area is 164 Å². The molecule has 0 heterocycles. The predicted octanol–water partition coefficient (Wildman–Crippen LogP) is 6.59. The van der Waals surface area contributed by atoms with Crippen molar-refractivity contribution in [3.63, 3.8) is 0 Å². The molecule has 1 amide bonds. The molecule has 0 aliphatic carbocycles. The van der Waals surface area contributed by atoms with Crippen LogP contribution in [0.25, 0.3) is 10.8 Å². The number of fused-ring (bicyclic) bond motifs is 1. The summed E-state index contributed by atoms with van der Waals surface area (Å²) in [5.41, 5.74) is 2.28. The van der Waals surface area contributed by atoms with Crippen LogP contribution in [-0.4, -0.2) is 5.91 Å². The molecule has 144 valence electrons. The summed E-state index contributed by atoms with van der Waals surface area (Å²) >= 11 is 0. The van der Waals surface area contributed by atoms with E-state index in [0.29, 0.717) is 0 Å². The van der Waals surface area contributed by atoms with Gasteiger partial charge in [0.15, 0.2) is 0 Å². The number of hydrogen-bond donors (Lipinski definition) is 1. The average Bonchev–Trinajstić information content (AvgIpc) is 2.64. The molecule has 2 aromatic carbocycles. The number of rotatable bonds is 8. The van der Waals surface area contributed by atoms with Gasteiger partial charge in [-0.3, -0.25) is 4.79 Å². The largest absolute Gasteiger partial charge is 0.349 e. The van der Waals surface area contributed by atoms with Gasteiger partial charge in [-0.25, -0.2) is 0 Å². The first-order chi connectivity index (χ1) is 12.7. The molecule has 0 spiro atoms. The average molecular weight is 364 g/mol. The highest BCUT2D eigenvalue weighted by Gasteiger charge is 2.21. The minimum Gasteiger partial charge on any atom is -0.349 e. The Balaban J connectivity index is 1.98. The van der Waals surface area contributed by atoms with Crippen LogP contribution in [0.2, 0.25) is 0 Å². The number of carbonyl (C=O) groups excluding carboxylic acids is 1. The van der Waals surface area contributed by atoms with E-state index in [2.05, 4.69) is 75.2 Å². The quantitative estimate of drug-likeness (QED) is 0.526. The first-order valence-electron chi connectivity index (χ1n) is 9.82. The van der Waals surface area contributed by atoms with Gasteiger partial charge in [0.05, 0.1) is 6.04 Å². The Morgan fingerprint density at radius 1 is 1.15 bits per heavy atom. The third kappa shape index (κ3) is 6.09. The van der Waals surface area contributed by atoms with Crippen molar-refractivity contribution in [2.45, 2.75) is 53.5 Å². The Hall–Kier alpha value is -2.35. The molecule has 2 rings (SSSR count). The second kappa shape index (κ2) is 9.03. The Morgan fingerprint density at radius 3 is 2.52 bits per heavy atom. The molecule has 0 saturated carbocycles. The van der Waals surface area contributed by atoms with Crippen molar-refractivity contribution in [3.8, 4) is 0 Å². The van der Waals surface area contributed by atoms with Crippen LogP contribution in [0.5, 0.6) is 0 Å². The molecule has 0 saturated heterocycles. The van der Waals surface area contributed by atoms with Gasteiger partial charge >= 0.3 is 0 Å². The van der Waals surface area contributed by atoms with Crippen molar-refractivity contribution < 1.29 is 4.79 Å². The summed E-state index contributed by atoms with van der Waals surface area (Å²) in [4.78, 5) is 12.7. The zero-order chi connectivity index (χ0) is 20.0. The van der Waals surface area contributed by atoms with Gasteiger partial charge in [-0.05, 0) is 48.4 Å². The fourth-order valence-corrected chi connectivity index (χ4v) is 3.23. The lowest BCUT2D eigenvalue weighted by Gasteiger charge is -2.24. The molecular weight excluding hydrogens is 330 g/mol. The summed E-state index contributed by atoms with van der Waals surface area (Å²) in [6.07, 6.45) is 6.08. The Morgan fingerprint density at radius 2 is 1.81 bits per heavy atom. The van der Waals surface area contributed by atoms with Crippen LogP contribution < -0.4 is 5.32 Å². The lowest BCUT2D eigenvalue weighted by atomic mass is 9.84. The maximum atomic E-state index is 12.7. The maximum Gasteiger partial charge on any atom is 0.223 e. The second-order valence-electron chi connectivity index (χ2n) is 8.41. The molecule has 0 radical (unpaired) electrons. The van der Waals surface area contributed by atoms with Crippen LogP contribution in [0.3, 0.4) is 0 Å². The van der Waals surface area contributed by atoms with E-state index in [0.717, 1.165) is 18.4 Å². The van der Waals surface area contributed by atoms with Crippen molar-refractivity contribution in [1.29, 1.82) is 0 Å². The van der Waals surface area contributed by atoms with E-state index in [9.17, 15) is 4.79 Å². The van der Waals surface area contributed by atoms with E-state index >= 15 is 0 Å². The van der Waals surface area contributed by atoms with Crippen molar-refractivity contribution in [2.24, 2.45) is 11.3 Å². The molecule has 2 heteroatoms. The number of hydrogen-bond acceptors (Lipinski definition) is 1. The smallest absolute Gasteiger partial charge is 0.223 e. The lowest BCUT2D eigenvalue weighted by molar-refractivity contribution is -0.125. The maximum absolute atomic E-state index is 12.7. The molecular formula is C25H33NO. The Kier molecular flexibility index (Phi) is 7.01. The normalized spacial score (nSPS) is 14.3. The van der Waals surface area contributed by atoms with Crippen molar-refractivity contribution >= 4 is 16.7 Å². The molecule has 2 atom stereocenters. The van der Waals surface area contributed by atoms with E-state index < -0.39 is 0 Å². The molecule has 0 bridgehead atoms. The van der Waals surface area contributed by atoms with Crippen LogP contribution in [-0.2, 0) is 4.79 Å². The van der Waals surface area contributed by atoms with Crippen LogP contribution in [0.1, 0.15) is 59.1 Å². The lowest BCUT2D eigenvalue weighted by Crippen LogP contribution is -2.32. The van der Waals surface area contributed by atoms with Crippen molar-refractivity contribution in [2.75, 3.05) is 0 Å². The Bertz CT molecular complexity index is 826. The number of carbonyl (C=O) groups is 1. The summed E-state index contributed by atoms with van der Waals surface area (Å²) in [5, 5.41) is 5.61. The number of amides is 1. The molecule has 2 nitrogen and oxygen atoms in total. The second-order valence-corrected chi connectivity index (χ2v) is 8.41. The monoisotopic (exact) mass is 363 g/mol. The van der Waals surface area contributed by atoms with E-state index in [4.69, 9.17) is 0 Å². The van der Waals surface area contributed by atoms with E-state index in [1.165, 1.54) is 16.3 Å². The summed E-state index contributed by atoms with van der Waals surface area (Å²) in [5.74, 6) is 0.107. The zero-order valence-corrected chi connectivity index (χ0v) is 17.4. The van der Waals surface area contributed by atoms with E-state index in [-0.39, 0.29) is 23.3 Å². The van der Waals surface area contributed by atoms with Crippen molar-refractivity contribution in [1.82, 2.24) is 5.32 Å². The number of benzene rings is 2. The third-order valence-corrected chi connectivity index (χ3v) is 5.14. The van der Waals surface area contributed by atoms with Gasteiger partial charge in [0, 0.05) is 5.92 Å². The number of allylic oxidation sites excluding steroid dienone is 3. The van der Waals surface area contributed by atoms with Gasteiger partial charge in [-0.15, -0.1) is 0 Å². The third-order valence-electron chi connectivity index (χ3n) is 5.14. The predicted molar refractivity (Wildman–Crippen MR) is 117 cm³/mol. The standard InChI is InChI=1S/C25H33NO/c1-18(2)14-16-25(5,6)17-15-19(3)24(27)26-20(4)22-13-9-11-21-10-7-8-12-23(21)22/h7-14,16,19-20H,1,15,17H2,2-6H3,(H,26,27)/b16-14+/t19-,20-/m0/s1. The summed E-state index contributed by atoms with van der Waals surface area (Å²) < 4.78 is 0. The summed E-state index contributed by atoms with van der Waals surface area (Å²) in [6.45, 7) is 14.4. The van der Waals surface area contributed by atoms with Crippen LogP contribution in [0.15, 0.2) is 66.8 Å².